The largest absolute Gasteiger partial charge is 0.260 e. The topological polar surface area (TPSA) is 25.8 Å². The Morgan fingerprint density at radius 3 is 1.51 bits per heavy atom. The standard InChI is InChI=1S/C33H50N2P2/c1-29(2,3)25-21-24(33(36,26-17-13-15-19-34-26)27-18-14-16-20-35-27)23(28(25)30(4,5)6)22-37(31(7,8)9)32(10,11)12/h13-21,28H,22,36H2,1-12H3. The molecule has 1 aliphatic rings. The molecule has 3 rings (SSSR count). The van der Waals surface area contributed by atoms with Gasteiger partial charge < -0.3 is 0 Å². The molecule has 4 heteroatoms. The van der Waals surface area contributed by atoms with E-state index in [0.29, 0.717) is 5.92 Å². The van der Waals surface area contributed by atoms with E-state index in [1.54, 1.807) is 5.57 Å². The van der Waals surface area contributed by atoms with E-state index in [9.17, 15) is 0 Å². The first-order valence-corrected chi connectivity index (χ1v) is 15.7. The summed E-state index contributed by atoms with van der Waals surface area (Å²) in [4.78, 5) is 9.88. The van der Waals surface area contributed by atoms with Gasteiger partial charge in [-0.1, -0.05) is 120 Å². The molecule has 2 unspecified atom stereocenters. The quantitative estimate of drug-likeness (QED) is 0.356. The summed E-state index contributed by atoms with van der Waals surface area (Å²) < 4.78 is 0. The Hall–Kier alpha value is -1.36. The second-order valence-electron chi connectivity index (χ2n) is 14.8. The van der Waals surface area contributed by atoms with Crippen molar-refractivity contribution in [3.8, 4) is 0 Å². The van der Waals surface area contributed by atoms with E-state index in [1.807, 2.05) is 24.5 Å². The van der Waals surface area contributed by atoms with Gasteiger partial charge in [0.05, 0.1) is 16.5 Å². The predicted octanol–water partition coefficient (Wildman–Crippen LogP) is 9.62. The van der Waals surface area contributed by atoms with Crippen LogP contribution in [0.3, 0.4) is 0 Å². The highest BCUT2D eigenvalue weighted by Crippen LogP contribution is 2.65. The van der Waals surface area contributed by atoms with Gasteiger partial charge in [-0.25, -0.2) is 0 Å². The van der Waals surface area contributed by atoms with Gasteiger partial charge in [0.15, 0.2) is 0 Å². The molecule has 0 bridgehead atoms. The molecule has 37 heavy (non-hydrogen) atoms. The molecule has 2 atom stereocenters. The van der Waals surface area contributed by atoms with Gasteiger partial charge in [-0.05, 0) is 57.1 Å². The molecule has 0 amide bonds. The van der Waals surface area contributed by atoms with Gasteiger partial charge in [0.2, 0.25) is 0 Å². The van der Waals surface area contributed by atoms with E-state index >= 15 is 0 Å². The van der Waals surface area contributed by atoms with Gasteiger partial charge in [0, 0.05) is 18.3 Å². The van der Waals surface area contributed by atoms with Crippen LogP contribution in [0.1, 0.15) is 94.5 Å². The van der Waals surface area contributed by atoms with Crippen LogP contribution in [-0.4, -0.2) is 26.4 Å². The normalized spacial score (nSPS) is 18.0. The number of rotatable bonds is 5. The summed E-state index contributed by atoms with van der Waals surface area (Å²) in [6, 6.07) is 12.5. The van der Waals surface area contributed by atoms with E-state index < -0.39 is 5.16 Å². The minimum absolute atomic E-state index is 0.0526. The van der Waals surface area contributed by atoms with Gasteiger partial charge >= 0.3 is 0 Å². The zero-order chi connectivity index (χ0) is 28.0. The third kappa shape index (κ3) is 6.28. The molecule has 0 spiro atoms. The fourth-order valence-electron chi connectivity index (χ4n) is 6.11. The first-order valence-electron chi connectivity index (χ1n) is 13.6. The lowest BCUT2D eigenvalue weighted by molar-refractivity contribution is 0.280. The number of aromatic nitrogens is 2. The van der Waals surface area contributed by atoms with Crippen molar-refractivity contribution in [2.45, 2.75) is 98.6 Å². The zero-order valence-corrected chi connectivity index (χ0v) is 27.4. The van der Waals surface area contributed by atoms with Crippen molar-refractivity contribution in [1.82, 2.24) is 9.97 Å². The molecule has 0 radical (unpaired) electrons. The molecular weight excluding hydrogens is 486 g/mol. The monoisotopic (exact) mass is 536 g/mol. The predicted molar refractivity (Wildman–Crippen MR) is 168 cm³/mol. The van der Waals surface area contributed by atoms with Crippen LogP contribution < -0.4 is 0 Å². The molecule has 2 heterocycles. The molecule has 0 N–H and O–H groups in total. The Morgan fingerprint density at radius 1 is 0.730 bits per heavy atom. The highest BCUT2D eigenvalue weighted by atomic mass is 31.1. The smallest absolute Gasteiger partial charge is 0.0933 e. The highest BCUT2D eigenvalue weighted by molar-refractivity contribution is 7.61. The molecule has 202 valence electrons. The maximum atomic E-state index is 4.94. The number of hydrogen-bond donors (Lipinski definition) is 0. The third-order valence-electron chi connectivity index (χ3n) is 7.55. The Bertz CT molecular complexity index is 1080. The van der Waals surface area contributed by atoms with E-state index in [0.717, 1.165) is 17.5 Å². The fourth-order valence-corrected chi connectivity index (χ4v) is 10.4. The van der Waals surface area contributed by atoms with Crippen molar-refractivity contribution in [3.05, 3.63) is 83.0 Å². The van der Waals surface area contributed by atoms with Crippen LogP contribution in [0.4, 0.5) is 0 Å². The maximum Gasteiger partial charge on any atom is 0.0933 e. The average Bonchev–Trinajstić information content (AvgIpc) is 3.17. The van der Waals surface area contributed by atoms with Gasteiger partial charge in [0.25, 0.3) is 0 Å². The molecule has 0 aliphatic heterocycles. The molecule has 2 aromatic heterocycles. The average molecular weight is 537 g/mol. The van der Waals surface area contributed by atoms with Crippen molar-refractivity contribution >= 4 is 17.2 Å². The maximum absolute atomic E-state index is 4.94. The molecule has 0 aromatic carbocycles. The Kier molecular flexibility index (Phi) is 8.42. The second-order valence-corrected chi connectivity index (χ2v) is 19.5. The summed E-state index contributed by atoms with van der Waals surface area (Å²) in [7, 11) is 2.90. The van der Waals surface area contributed by atoms with Crippen LogP contribution in [-0.2, 0) is 5.16 Å². The van der Waals surface area contributed by atoms with Gasteiger partial charge in [0.1, 0.15) is 0 Å². The van der Waals surface area contributed by atoms with Crippen molar-refractivity contribution in [2.75, 3.05) is 6.16 Å². The Labute approximate surface area is 231 Å². The lowest BCUT2D eigenvalue weighted by Crippen LogP contribution is -2.33. The number of hydrogen-bond acceptors (Lipinski definition) is 2. The first kappa shape index (κ1) is 30.2. The Balaban J connectivity index is 2.45. The van der Waals surface area contributed by atoms with Crippen LogP contribution >= 0.6 is 17.2 Å². The third-order valence-corrected chi connectivity index (χ3v) is 12.3. The summed E-state index contributed by atoms with van der Waals surface area (Å²) in [5.74, 6) is 0.365. The summed E-state index contributed by atoms with van der Waals surface area (Å²) >= 11 is 0. The van der Waals surface area contributed by atoms with Crippen molar-refractivity contribution in [3.63, 3.8) is 0 Å². The SMILES string of the molecule is CC(C)(C)C1=CC(C(P)(c2ccccn2)c2ccccn2)=C(CP(C(C)(C)C)C(C)(C)C)C1C(C)(C)C. The highest BCUT2D eigenvalue weighted by Gasteiger charge is 2.49. The van der Waals surface area contributed by atoms with Crippen molar-refractivity contribution < 1.29 is 0 Å². The summed E-state index contributed by atoms with van der Waals surface area (Å²) in [6.45, 7) is 29.0. The van der Waals surface area contributed by atoms with Crippen molar-refractivity contribution in [1.29, 1.82) is 0 Å². The molecule has 0 fully saturated rings. The van der Waals surface area contributed by atoms with Crippen LogP contribution in [0.25, 0.3) is 0 Å². The van der Waals surface area contributed by atoms with Crippen LogP contribution in [0, 0.1) is 16.7 Å². The van der Waals surface area contributed by atoms with E-state index in [2.05, 4.69) is 123 Å². The summed E-state index contributed by atoms with van der Waals surface area (Å²) in [5.41, 5.74) is 6.69. The molecular formula is C33H50N2P2. The molecule has 2 nitrogen and oxygen atoms in total. The molecule has 0 saturated carbocycles. The first-order chi connectivity index (χ1) is 16.8. The van der Waals surface area contributed by atoms with Gasteiger partial charge in [-0.3, -0.25) is 9.97 Å². The Morgan fingerprint density at radius 2 is 1.19 bits per heavy atom. The van der Waals surface area contributed by atoms with E-state index in [1.165, 1.54) is 11.1 Å². The second kappa shape index (κ2) is 10.3. The summed E-state index contributed by atoms with van der Waals surface area (Å²) in [6.07, 6.45) is 7.49. The lowest BCUT2D eigenvalue weighted by Gasteiger charge is -2.45. The fraction of sp³-hybridized carbons (Fsp3) is 0.576. The molecule has 1 aliphatic carbocycles. The van der Waals surface area contributed by atoms with E-state index in [-0.39, 0.29) is 29.1 Å². The van der Waals surface area contributed by atoms with Crippen LogP contribution in [0.15, 0.2) is 71.6 Å². The summed E-state index contributed by atoms with van der Waals surface area (Å²) in [5, 5.41) is -0.0541. The molecule has 2 aromatic rings. The number of pyridine rings is 2. The zero-order valence-electron chi connectivity index (χ0n) is 25.4. The van der Waals surface area contributed by atoms with Crippen molar-refractivity contribution in [2.24, 2.45) is 16.7 Å². The van der Waals surface area contributed by atoms with Gasteiger partial charge in [-0.2, -0.15) is 0 Å². The molecule has 0 saturated heterocycles. The van der Waals surface area contributed by atoms with Crippen LogP contribution in [0.2, 0.25) is 0 Å². The van der Waals surface area contributed by atoms with E-state index in [4.69, 9.17) is 9.97 Å². The number of nitrogens with zero attached hydrogens (tertiary/aromatic N) is 2. The van der Waals surface area contributed by atoms with Crippen LogP contribution in [0.5, 0.6) is 0 Å². The minimum Gasteiger partial charge on any atom is -0.260 e. The lowest BCUT2D eigenvalue weighted by atomic mass is 9.67. The number of allylic oxidation sites excluding steroid dienone is 4. The minimum atomic E-state index is -0.523. The van der Waals surface area contributed by atoms with Gasteiger partial charge in [-0.15, -0.1) is 9.24 Å².